The average molecular weight is 430 g/mol. The Morgan fingerprint density at radius 3 is 2.97 bits per heavy atom. The molecule has 0 bridgehead atoms. The Hall–Kier alpha value is -3.00. The molecule has 3 heterocycles. The Labute approximate surface area is 178 Å². The van der Waals surface area contributed by atoms with Crippen LogP contribution in [0.2, 0.25) is 5.02 Å². The zero-order chi connectivity index (χ0) is 21.3. The number of aromatic nitrogens is 3. The minimum absolute atomic E-state index is 0.0119. The fourth-order valence-corrected chi connectivity index (χ4v) is 3.95. The van der Waals surface area contributed by atoms with Gasteiger partial charge in [0.15, 0.2) is 5.82 Å². The lowest BCUT2D eigenvalue weighted by atomic mass is 9.92. The highest BCUT2D eigenvalue weighted by molar-refractivity contribution is 6.31. The molecule has 1 aromatic carbocycles. The lowest BCUT2D eigenvalue weighted by Crippen LogP contribution is -2.16. The van der Waals surface area contributed by atoms with Crippen molar-refractivity contribution in [1.29, 1.82) is 0 Å². The summed E-state index contributed by atoms with van der Waals surface area (Å²) in [5, 5.41) is 6.05. The minimum atomic E-state index is -0.549. The van der Waals surface area contributed by atoms with Crippen LogP contribution in [0.15, 0.2) is 30.7 Å². The highest BCUT2D eigenvalue weighted by Crippen LogP contribution is 2.42. The lowest BCUT2D eigenvalue weighted by Gasteiger charge is -2.24. The molecule has 0 radical (unpaired) electrons. The molecule has 156 valence electrons. The molecule has 1 saturated heterocycles. The molecule has 0 saturated carbocycles. The van der Waals surface area contributed by atoms with Gasteiger partial charge in [-0.2, -0.15) is 0 Å². The van der Waals surface area contributed by atoms with Crippen molar-refractivity contribution in [2.45, 2.75) is 32.2 Å². The fraction of sp³-hybridized carbons (Fsp3) is 0.333. The maximum absolute atomic E-state index is 15.0. The summed E-state index contributed by atoms with van der Waals surface area (Å²) in [6.07, 6.45) is 3.32. The Balaban J connectivity index is 1.77. The summed E-state index contributed by atoms with van der Waals surface area (Å²) in [5.41, 5.74) is 2.35. The molecule has 4 rings (SSSR count). The lowest BCUT2D eigenvalue weighted by molar-refractivity contribution is -0.119. The van der Waals surface area contributed by atoms with Crippen LogP contribution in [0, 0.1) is 5.82 Å². The van der Waals surface area contributed by atoms with E-state index < -0.39 is 5.82 Å². The monoisotopic (exact) mass is 429 g/mol. The van der Waals surface area contributed by atoms with Crippen molar-refractivity contribution in [2.24, 2.45) is 0 Å². The van der Waals surface area contributed by atoms with E-state index in [9.17, 15) is 4.79 Å². The van der Waals surface area contributed by atoms with Gasteiger partial charge >= 0.3 is 0 Å². The molecule has 1 aliphatic rings. The van der Waals surface area contributed by atoms with Gasteiger partial charge in [-0.1, -0.05) is 11.6 Å². The molecule has 1 fully saturated rings. The third kappa shape index (κ3) is 3.75. The molecule has 1 amide bonds. The highest BCUT2D eigenvalue weighted by Gasteiger charge is 2.32. The molecule has 0 aliphatic carbocycles. The van der Waals surface area contributed by atoms with Gasteiger partial charge in [-0.05, 0) is 32.0 Å². The van der Waals surface area contributed by atoms with E-state index in [1.807, 2.05) is 19.9 Å². The number of nitrogens with one attached hydrogen (secondary N) is 2. The normalized spacial score (nSPS) is 17.1. The summed E-state index contributed by atoms with van der Waals surface area (Å²) in [4.78, 5) is 24.6. The van der Waals surface area contributed by atoms with Gasteiger partial charge in [-0.25, -0.2) is 14.4 Å². The molecule has 2 N–H and O–H groups in total. The molecule has 1 unspecified atom stereocenters. The molecule has 2 aromatic heterocycles. The Morgan fingerprint density at radius 1 is 1.40 bits per heavy atom. The van der Waals surface area contributed by atoms with Crippen LogP contribution < -0.4 is 15.4 Å². The van der Waals surface area contributed by atoms with Crippen LogP contribution in [0.3, 0.4) is 0 Å². The van der Waals surface area contributed by atoms with Crippen molar-refractivity contribution < 1.29 is 13.9 Å². The van der Waals surface area contributed by atoms with Crippen molar-refractivity contribution in [2.75, 3.05) is 18.5 Å². The minimum Gasteiger partial charge on any atom is -0.493 e. The smallest absolute Gasteiger partial charge is 0.220 e. The van der Waals surface area contributed by atoms with Crippen LogP contribution in [0.25, 0.3) is 11.0 Å². The number of nitrogens with zero attached hydrogens (tertiary/aromatic N) is 3. The molecule has 1 aliphatic heterocycles. The standard InChI is InChI=1S/C21H21ClFN5O2/c1-3-30-20-13(8-14(22)18(23)17(20)12-7-16(29)25-9-12)11(2)28-21-19-15(26-10-27-21)5-4-6-24-19/h4-6,8,10-12H,3,7,9H2,1-2H3,(H,25,29)(H,26,27,28)/t11?,12-/m1/s1. The van der Waals surface area contributed by atoms with E-state index >= 15 is 4.39 Å². The largest absolute Gasteiger partial charge is 0.493 e. The number of amides is 1. The first-order valence-corrected chi connectivity index (χ1v) is 10.1. The number of rotatable bonds is 6. The number of anilines is 1. The van der Waals surface area contributed by atoms with Crippen LogP contribution in [0.1, 0.15) is 43.4 Å². The molecule has 2 atom stereocenters. The maximum Gasteiger partial charge on any atom is 0.220 e. The summed E-state index contributed by atoms with van der Waals surface area (Å²) >= 11 is 6.25. The first kappa shape index (κ1) is 20.3. The molecule has 30 heavy (non-hydrogen) atoms. The van der Waals surface area contributed by atoms with Gasteiger partial charge in [0.05, 0.1) is 23.2 Å². The second kappa shape index (κ2) is 8.39. The molecule has 3 aromatic rings. The molecule has 9 heteroatoms. The third-order valence-electron chi connectivity index (χ3n) is 5.12. The number of hydrogen-bond donors (Lipinski definition) is 2. The number of hydrogen-bond acceptors (Lipinski definition) is 6. The van der Waals surface area contributed by atoms with Crippen LogP contribution in [0.5, 0.6) is 5.75 Å². The number of halogens is 2. The van der Waals surface area contributed by atoms with E-state index in [-0.39, 0.29) is 29.3 Å². The predicted octanol–water partition coefficient (Wildman–Crippen LogP) is 3.99. The summed E-state index contributed by atoms with van der Waals surface area (Å²) in [6.45, 7) is 4.43. The Kier molecular flexibility index (Phi) is 5.67. The maximum atomic E-state index is 15.0. The molecular formula is C21H21ClFN5O2. The van der Waals surface area contributed by atoms with Crippen LogP contribution >= 0.6 is 11.6 Å². The van der Waals surface area contributed by atoms with E-state index in [0.29, 0.717) is 46.9 Å². The predicted molar refractivity (Wildman–Crippen MR) is 112 cm³/mol. The fourth-order valence-electron chi connectivity index (χ4n) is 3.73. The van der Waals surface area contributed by atoms with Crippen molar-refractivity contribution in [1.82, 2.24) is 20.3 Å². The van der Waals surface area contributed by atoms with Crippen LogP contribution in [0.4, 0.5) is 10.2 Å². The van der Waals surface area contributed by atoms with Gasteiger partial charge in [0.25, 0.3) is 0 Å². The van der Waals surface area contributed by atoms with Crippen molar-refractivity contribution in [3.63, 3.8) is 0 Å². The van der Waals surface area contributed by atoms with Gasteiger partial charge in [0, 0.05) is 36.2 Å². The molecular weight excluding hydrogens is 409 g/mol. The van der Waals surface area contributed by atoms with Gasteiger partial charge in [-0.3, -0.25) is 9.78 Å². The first-order chi connectivity index (χ1) is 14.5. The zero-order valence-corrected chi connectivity index (χ0v) is 17.3. The number of pyridine rings is 1. The van der Waals surface area contributed by atoms with Crippen molar-refractivity contribution in [3.05, 3.63) is 52.7 Å². The quantitative estimate of drug-likeness (QED) is 0.615. The van der Waals surface area contributed by atoms with Gasteiger partial charge in [0.1, 0.15) is 23.4 Å². The second-order valence-electron chi connectivity index (χ2n) is 7.10. The zero-order valence-electron chi connectivity index (χ0n) is 16.6. The van der Waals surface area contributed by atoms with E-state index in [1.54, 1.807) is 18.3 Å². The highest BCUT2D eigenvalue weighted by atomic mass is 35.5. The summed E-state index contributed by atoms with van der Waals surface area (Å²) in [7, 11) is 0. The van der Waals surface area contributed by atoms with E-state index in [2.05, 4.69) is 25.6 Å². The third-order valence-corrected chi connectivity index (χ3v) is 5.40. The van der Waals surface area contributed by atoms with Crippen molar-refractivity contribution >= 4 is 34.4 Å². The van der Waals surface area contributed by atoms with Crippen LogP contribution in [-0.2, 0) is 4.79 Å². The van der Waals surface area contributed by atoms with Crippen molar-refractivity contribution in [3.8, 4) is 5.75 Å². The molecule has 7 nitrogen and oxygen atoms in total. The Morgan fingerprint density at radius 2 is 2.23 bits per heavy atom. The average Bonchev–Trinajstić information content (AvgIpc) is 3.17. The number of carbonyl (C=O) groups excluding carboxylic acids is 1. The number of benzene rings is 1. The van der Waals surface area contributed by atoms with E-state index in [4.69, 9.17) is 16.3 Å². The Bertz CT molecular complexity index is 1100. The van der Waals surface area contributed by atoms with Gasteiger partial charge < -0.3 is 15.4 Å². The number of fused-ring (bicyclic) bond motifs is 1. The van der Waals surface area contributed by atoms with Gasteiger partial charge in [0.2, 0.25) is 5.91 Å². The summed E-state index contributed by atoms with van der Waals surface area (Å²) in [6, 6.07) is 4.89. The SMILES string of the molecule is CCOc1c(C(C)Nc2ncnc3cccnc23)cc(Cl)c(F)c1[C@H]1CNC(=O)C1. The van der Waals surface area contributed by atoms with E-state index in [1.165, 1.54) is 6.33 Å². The second-order valence-corrected chi connectivity index (χ2v) is 7.51. The van der Waals surface area contributed by atoms with Gasteiger partial charge in [-0.15, -0.1) is 0 Å². The number of carbonyl (C=O) groups is 1. The topological polar surface area (TPSA) is 89.0 Å². The summed E-state index contributed by atoms with van der Waals surface area (Å²) < 4.78 is 20.9. The van der Waals surface area contributed by atoms with Crippen LogP contribution in [-0.4, -0.2) is 34.0 Å². The summed E-state index contributed by atoms with van der Waals surface area (Å²) in [5.74, 6) is -0.0486. The van der Waals surface area contributed by atoms with E-state index in [0.717, 1.165) is 0 Å². The number of ether oxygens (including phenoxy) is 1. The molecule has 0 spiro atoms. The first-order valence-electron chi connectivity index (χ1n) is 9.73.